The third kappa shape index (κ3) is 4.21. The van der Waals surface area contributed by atoms with Gasteiger partial charge in [0.05, 0.1) is 6.54 Å². The number of fused-ring (bicyclic) bond motifs is 1. The van der Waals surface area contributed by atoms with Crippen LogP contribution < -0.4 is 4.74 Å². The van der Waals surface area contributed by atoms with Gasteiger partial charge in [0.15, 0.2) is 0 Å². The van der Waals surface area contributed by atoms with E-state index in [1.54, 1.807) is 0 Å². The van der Waals surface area contributed by atoms with Crippen molar-refractivity contribution in [1.82, 2.24) is 4.90 Å². The van der Waals surface area contributed by atoms with E-state index >= 15 is 0 Å². The lowest BCUT2D eigenvalue weighted by Crippen LogP contribution is -2.32. The Labute approximate surface area is 126 Å². The first-order valence-electron chi connectivity index (χ1n) is 7.51. The Bertz CT molecular complexity index is 523. The van der Waals surface area contributed by atoms with Crippen molar-refractivity contribution in [1.29, 1.82) is 0 Å². The highest BCUT2D eigenvalue weighted by Crippen LogP contribution is 2.38. The number of carboxylic acids is 1. The first-order chi connectivity index (χ1) is 9.77. The Morgan fingerprint density at radius 2 is 2.14 bits per heavy atom. The molecule has 0 saturated carbocycles. The van der Waals surface area contributed by atoms with Gasteiger partial charge >= 0.3 is 5.97 Å². The summed E-state index contributed by atoms with van der Waals surface area (Å²) in [5, 5.41) is 9.08. The SMILES string of the molecule is CC(C)CN(CC(=O)O)Cc1cccc2c1OC(C)(C)C2. The summed E-state index contributed by atoms with van der Waals surface area (Å²) >= 11 is 0. The molecule has 1 aliphatic heterocycles. The predicted octanol–water partition coefficient (Wildman–Crippen LogP) is 2.94. The van der Waals surface area contributed by atoms with E-state index in [1.807, 2.05) is 17.0 Å². The van der Waals surface area contributed by atoms with Gasteiger partial charge < -0.3 is 9.84 Å². The summed E-state index contributed by atoms with van der Waals surface area (Å²) in [4.78, 5) is 13.0. The fourth-order valence-corrected chi connectivity index (χ4v) is 2.94. The van der Waals surface area contributed by atoms with Crippen LogP contribution in [-0.4, -0.2) is 34.7 Å². The second-order valence-electron chi connectivity index (χ2n) is 6.90. The van der Waals surface area contributed by atoms with E-state index in [0.717, 1.165) is 24.3 Å². The molecule has 0 aromatic heterocycles. The van der Waals surface area contributed by atoms with Crippen molar-refractivity contribution >= 4 is 5.97 Å². The maximum atomic E-state index is 11.0. The Balaban J connectivity index is 2.18. The molecule has 0 saturated heterocycles. The van der Waals surface area contributed by atoms with Gasteiger partial charge in [-0.25, -0.2) is 0 Å². The Morgan fingerprint density at radius 3 is 2.76 bits per heavy atom. The van der Waals surface area contributed by atoms with Crippen LogP contribution in [0.25, 0.3) is 0 Å². The van der Waals surface area contributed by atoms with Gasteiger partial charge in [0.1, 0.15) is 11.4 Å². The van der Waals surface area contributed by atoms with Crippen molar-refractivity contribution < 1.29 is 14.6 Å². The summed E-state index contributed by atoms with van der Waals surface area (Å²) in [5.41, 5.74) is 2.13. The van der Waals surface area contributed by atoms with Crippen molar-refractivity contribution in [3.63, 3.8) is 0 Å². The van der Waals surface area contributed by atoms with E-state index in [1.165, 1.54) is 5.56 Å². The average molecular weight is 291 g/mol. The second-order valence-corrected chi connectivity index (χ2v) is 6.90. The summed E-state index contributed by atoms with van der Waals surface area (Å²) in [6.07, 6.45) is 0.902. The molecule has 0 radical (unpaired) electrons. The van der Waals surface area contributed by atoms with E-state index in [0.29, 0.717) is 12.5 Å². The fourth-order valence-electron chi connectivity index (χ4n) is 2.94. The van der Waals surface area contributed by atoms with Gasteiger partial charge in [-0.15, -0.1) is 0 Å². The fraction of sp³-hybridized carbons (Fsp3) is 0.588. The monoisotopic (exact) mass is 291 g/mol. The molecule has 1 aliphatic rings. The summed E-state index contributed by atoms with van der Waals surface area (Å²) < 4.78 is 6.06. The molecular weight excluding hydrogens is 266 g/mol. The summed E-state index contributed by atoms with van der Waals surface area (Å²) in [6.45, 7) is 9.81. The number of hydrogen-bond donors (Lipinski definition) is 1. The molecule has 21 heavy (non-hydrogen) atoms. The molecule has 0 atom stereocenters. The number of ether oxygens (including phenoxy) is 1. The van der Waals surface area contributed by atoms with Crippen LogP contribution in [-0.2, 0) is 17.8 Å². The van der Waals surface area contributed by atoms with Crippen LogP contribution in [0.1, 0.15) is 38.8 Å². The zero-order chi connectivity index (χ0) is 15.6. The smallest absolute Gasteiger partial charge is 0.317 e. The first kappa shape index (κ1) is 15.8. The van der Waals surface area contributed by atoms with Crippen molar-refractivity contribution in [3.05, 3.63) is 29.3 Å². The number of hydrogen-bond acceptors (Lipinski definition) is 3. The molecule has 1 N–H and O–H groups in total. The minimum atomic E-state index is -0.788. The quantitative estimate of drug-likeness (QED) is 0.875. The predicted molar refractivity (Wildman–Crippen MR) is 82.6 cm³/mol. The lowest BCUT2D eigenvalue weighted by molar-refractivity contribution is -0.138. The molecule has 0 spiro atoms. The highest BCUT2D eigenvalue weighted by atomic mass is 16.5. The minimum Gasteiger partial charge on any atom is -0.487 e. The van der Waals surface area contributed by atoms with Gasteiger partial charge in [-0.05, 0) is 25.3 Å². The number of carbonyl (C=O) groups is 1. The zero-order valence-electron chi connectivity index (χ0n) is 13.3. The molecule has 4 heteroatoms. The molecule has 1 aromatic rings. The van der Waals surface area contributed by atoms with Gasteiger partial charge in [0, 0.05) is 25.1 Å². The molecule has 0 aliphatic carbocycles. The Kier molecular flexibility index (Phi) is 4.57. The highest BCUT2D eigenvalue weighted by molar-refractivity contribution is 5.69. The van der Waals surface area contributed by atoms with Gasteiger partial charge in [-0.1, -0.05) is 32.0 Å². The molecule has 2 rings (SSSR count). The Hall–Kier alpha value is -1.55. The number of benzene rings is 1. The molecule has 0 amide bonds. The maximum absolute atomic E-state index is 11.0. The van der Waals surface area contributed by atoms with Gasteiger partial charge in [0.2, 0.25) is 0 Å². The minimum absolute atomic E-state index is 0.0608. The van der Waals surface area contributed by atoms with Crippen molar-refractivity contribution in [2.45, 2.75) is 46.3 Å². The van der Waals surface area contributed by atoms with E-state index in [-0.39, 0.29) is 12.1 Å². The van der Waals surface area contributed by atoms with Gasteiger partial charge in [-0.3, -0.25) is 9.69 Å². The lowest BCUT2D eigenvalue weighted by atomic mass is 10.0. The number of nitrogens with zero attached hydrogens (tertiary/aromatic N) is 1. The molecule has 0 bridgehead atoms. The van der Waals surface area contributed by atoms with E-state index < -0.39 is 5.97 Å². The molecule has 4 nitrogen and oxygen atoms in total. The van der Waals surface area contributed by atoms with Crippen LogP contribution in [0, 0.1) is 5.92 Å². The second kappa shape index (κ2) is 6.06. The normalized spacial score (nSPS) is 16.1. The van der Waals surface area contributed by atoms with E-state index in [2.05, 4.69) is 33.8 Å². The van der Waals surface area contributed by atoms with Gasteiger partial charge in [-0.2, -0.15) is 0 Å². The molecule has 0 unspecified atom stereocenters. The van der Waals surface area contributed by atoms with Crippen LogP contribution in [0.4, 0.5) is 0 Å². The zero-order valence-corrected chi connectivity index (χ0v) is 13.3. The summed E-state index contributed by atoms with van der Waals surface area (Å²) in [6, 6.07) is 6.17. The lowest BCUT2D eigenvalue weighted by Gasteiger charge is -2.24. The molecular formula is C17H25NO3. The van der Waals surface area contributed by atoms with Crippen LogP contribution >= 0.6 is 0 Å². The largest absolute Gasteiger partial charge is 0.487 e. The number of aliphatic carboxylic acids is 1. The van der Waals surface area contributed by atoms with E-state index in [4.69, 9.17) is 9.84 Å². The third-order valence-corrected chi connectivity index (χ3v) is 3.55. The molecule has 1 heterocycles. The van der Waals surface area contributed by atoms with Gasteiger partial charge in [0.25, 0.3) is 0 Å². The number of carboxylic acid groups (broad SMARTS) is 1. The standard InChI is InChI=1S/C17H25NO3/c1-12(2)9-18(11-15(19)20)10-14-7-5-6-13-8-17(3,4)21-16(13)14/h5-7,12H,8-11H2,1-4H3,(H,19,20). The topological polar surface area (TPSA) is 49.8 Å². The first-order valence-corrected chi connectivity index (χ1v) is 7.51. The molecule has 116 valence electrons. The summed E-state index contributed by atoms with van der Waals surface area (Å²) in [5.74, 6) is 0.588. The maximum Gasteiger partial charge on any atom is 0.317 e. The van der Waals surface area contributed by atoms with Crippen LogP contribution in [0.3, 0.4) is 0 Å². The Morgan fingerprint density at radius 1 is 1.43 bits per heavy atom. The average Bonchev–Trinajstić information content (AvgIpc) is 2.62. The van der Waals surface area contributed by atoms with Crippen molar-refractivity contribution in [2.24, 2.45) is 5.92 Å². The third-order valence-electron chi connectivity index (χ3n) is 3.55. The summed E-state index contributed by atoms with van der Waals surface area (Å²) in [7, 11) is 0. The van der Waals surface area contributed by atoms with Crippen LogP contribution in [0.15, 0.2) is 18.2 Å². The van der Waals surface area contributed by atoms with Crippen molar-refractivity contribution in [2.75, 3.05) is 13.1 Å². The van der Waals surface area contributed by atoms with Crippen LogP contribution in [0.2, 0.25) is 0 Å². The van der Waals surface area contributed by atoms with E-state index in [9.17, 15) is 4.79 Å². The number of rotatable bonds is 6. The molecule has 0 fully saturated rings. The number of para-hydroxylation sites is 1. The van der Waals surface area contributed by atoms with Crippen LogP contribution in [0.5, 0.6) is 5.75 Å². The molecule has 1 aromatic carbocycles. The van der Waals surface area contributed by atoms with Crippen molar-refractivity contribution in [3.8, 4) is 5.75 Å². The highest BCUT2D eigenvalue weighted by Gasteiger charge is 2.31.